The summed E-state index contributed by atoms with van der Waals surface area (Å²) in [5.41, 5.74) is -0.640. The van der Waals surface area contributed by atoms with Crippen LogP contribution in [0.2, 0.25) is 0 Å². The van der Waals surface area contributed by atoms with Gasteiger partial charge in [0.25, 0.3) is 0 Å². The van der Waals surface area contributed by atoms with Crippen molar-refractivity contribution in [2.45, 2.75) is 32.8 Å². The quantitative estimate of drug-likeness (QED) is 0.622. The average molecular weight is 509 g/mol. The van der Waals surface area contributed by atoms with Crippen molar-refractivity contribution in [3.05, 3.63) is 54.1 Å². The van der Waals surface area contributed by atoms with E-state index in [-0.39, 0.29) is 18.3 Å². The lowest BCUT2D eigenvalue weighted by Gasteiger charge is -2.27. The molecule has 35 heavy (non-hydrogen) atoms. The number of benzene rings is 2. The van der Waals surface area contributed by atoms with Crippen LogP contribution in [-0.4, -0.2) is 69.2 Å². The molecule has 0 atom stereocenters. The van der Waals surface area contributed by atoms with Crippen molar-refractivity contribution in [2.24, 2.45) is 0 Å². The lowest BCUT2D eigenvalue weighted by molar-refractivity contribution is 0.0258. The predicted octanol–water partition coefficient (Wildman–Crippen LogP) is 4.11. The van der Waals surface area contributed by atoms with Crippen LogP contribution in [0, 0.1) is 11.6 Å². The van der Waals surface area contributed by atoms with E-state index in [1.54, 1.807) is 23.1 Å². The normalized spacial score (nSPS) is 18.4. The van der Waals surface area contributed by atoms with Crippen LogP contribution < -0.4 is 8.61 Å². The molecule has 0 aliphatic carbocycles. The summed E-state index contributed by atoms with van der Waals surface area (Å²) in [5, 5.41) is 0. The number of nitrogens with zero attached hydrogens (tertiary/aromatic N) is 4. The number of fused-ring (bicyclic) bond motifs is 1. The maximum Gasteiger partial charge on any atom is 0.410 e. The van der Waals surface area contributed by atoms with Crippen LogP contribution in [0.3, 0.4) is 0 Å². The van der Waals surface area contributed by atoms with Gasteiger partial charge in [0.1, 0.15) is 11.3 Å². The number of carbonyl (C=O) groups is 1. The minimum atomic E-state index is -4.26. The minimum Gasteiger partial charge on any atom is -0.444 e. The molecule has 1 saturated heterocycles. The Labute approximate surface area is 204 Å². The fraction of sp³-hybridized carbons (Fsp3) is 0.458. The van der Waals surface area contributed by atoms with Gasteiger partial charge in [0.15, 0.2) is 11.6 Å². The summed E-state index contributed by atoms with van der Waals surface area (Å²) in [5.74, 6) is -1.92. The van der Waals surface area contributed by atoms with Gasteiger partial charge < -0.3 is 9.64 Å². The first-order valence-electron chi connectivity index (χ1n) is 11.6. The molecule has 0 unspecified atom stereocenters. The van der Waals surface area contributed by atoms with Crippen molar-refractivity contribution in [3.63, 3.8) is 0 Å². The molecule has 190 valence electrons. The van der Waals surface area contributed by atoms with Crippen LogP contribution >= 0.6 is 0 Å². The smallest absolute Gasteiger partial charge is 0.410 e. The zero-order valence-corrected chi connectivity index (χ0v) is 20.9. The number of para-hydroxylation sites is 3. The van der Waals surface area contributed by atoms with Gasteiger partial charge in [-0.15, -0.1) is 0 Å². The Morgan fingerprint density at radius 1 is 0.914 bits per heavy atom. The lowest BCUT2D eigenvalue weighted by Crippen LogP contribution is -2.42. The molecule has 2 heterocycles. The Morgan fingerprint density at radius 3 is 2.23 bits per heavy atom. The first-order chi connectivity index (χ1) is 16.5. The highest BCUT2D eigenvalue weighted by molar-refractivity contribution is 7.95. The molecule has 0 aromatic heterocycles. The van der Waals surface area contributed by atoms with Gasteiger partial charge in [-0.1, -0.05) is 18.2 Å². The molecule has 2 aromatic carbocycles. The predicted molar refractivity (Wildman–Crippen MR) is 130 cm³/mol. The minimum absolute atomic E-state index is 0.0956. The second-order valence-corrected chi connectivity index (χ2v) is 11.3. The molecule has 4 rings (SSSR count). The highest BCUT2D eigenvalue weighted by Gasteiger charge is 2.43. The number of hydrogen-bond acceptors (Lipinski definition) is 5. The van der Waals surface area contributed by atoms with Crippen molar-refractivity contribution in [1.82, 2.24) is 9.80 Å². The van der Waals surface area contributed by atoms with E-state index in [1.807, 2.05) is 20.8 Å². The standard InChI is InChI=1S/C24H30F2N4O4S/c1-24(2,3)34-23(31)28-13-7-12-27(14-16-28)15-17-29-20-10-4-5-11-21(20)30(35(29,32)33)22-18(25)8-6-9-19(22)26/h4-6,8-11H,7,12-17H2,1-3H3. The van der Waals surface area contributed by atoms with Gasteiger partial charge in [-0.25, -0.2) is 22.2 Å². The largest absolute Gasteiger partial charge is 0.444 e. The van der Waals surface area contributed by atoms with Crippen LogP contribution in [0.1, 0.15) is 27.2 Å². The molecule has 1 amide bonds. The third-order valence-electron chi connectivity index (χ3n) is 5.88. The summed E-state index contributed by atoms with van der Waals surface area (Å²) in [6, 6.07) is 9.73. The molecule has 11 heteroatoms. The molecule has 0 N–H and O–H groups in total. The van der Waals surface area contributed by atoms with E-state index in [4.69, 9.17) is 4.74 Å². The number of anilines is 3. The van der Waals surface area contributed by atoms with Gasteiger partial charge >= 0.3 is 16.3 Å². The Hall–Kier alpha value is -2.92. The Kier molecular flexibility index (Phi) is 6.92. The SMILES string of the molecule is CC(C)(C)OC(=O)N1CCCN(CCN2c3ccccc3N(c3c(F)cccc3F)S2(=O)=O)CC1. The molecular weight excluding hydrogens is 478 g/mol. The Balaban J connectivity index is 1.50. The number of rotatable bonds is 4. The maximum atomic E-state index is 14.6. The van der Waals surface area contributed by atoms with E-state index in [0.717, 1.165) is 22.9 Å². The number of ether oxygens (including phenoxy) is 1. The van der Waals surface area contributed by atoms with Crippen molar-refractivity contribution in [1.29, 1.82) is 0 Å². The molecule has 2 aromatic rings. The zero-order valence-electron chi connectivity index (χ0n) is 20.1. The van der Waals surface area contributed by atoms with E-state index >= 15 is 0 Å². The van der Waals surface area contributed by atoms with Crippen LogP contribution in [0.25, 0.3) is 0 Å². The van der Waals surface area contributed by atoms with E-state index in [9.17, 15) is 22.0 Å². The van der Waals surface area contributed by atoms with Crippen LogP contribution in [0.5, 0.6) is 0 Å². The van der Waals surface area contributed by atoms with Gasteiger partial charge in [-0.3, -0.25) is 4.90 Å². The van der Waals surface area contributed by atoms with E-state index < -0.39 is 33.1 Å². The summed E-state index contributed by atoms with van der Waals surface area (Å²) in [6.45, 7) is 8.20. The number of halogens is 2. The van der Waals surface area contributed by atoms with E-state index in [0.29, 0.717) is 38.4 Å². The number of amides is 1. The molecular formula is C24H30F2N4O4S. The lowest BCUT2D eigenvalue weighted by atomic mass is 10.2. The monoisotopic (exact) mass is 508 g/mol. The van der Waals surface area contributed by atoms with Crippen LogP contribution in [0.4, 0.5) is 30.6 Å². The van der Waals surface area contributed by atoms with Crippen molar-refractivity contribution < 1.29 is 26.7 Å². The summed E-state index contributed by atoms with van der Waals surface area (Å²) >= 11 is 0. The Bertz CT molecular complexity index is 1180. The van der Waals surface area contributed by atoms with Crippen LogP contribution in [0.15, 0.2) is 42.5 Å². The molecule has 2 aliphatic heterocycles. The molecule has 1 fully saturated rings. The van der Waals surface area contributed by atoms with Gasteiger partial charge in [0.05, 0.1) is 11.4 Å². The second kappa shape index (κ2) is 9.62. The van der Waals surface area contributed by atoms with Crippen LogP contribution in [-0.2, 0) is 14.9 Å². The van der Waals surface area contributed by atoms with E-state index in [2.05, 4.69) is 4.90 Å². The molecule has 8 nitrogen and oxygen atoms in total. The highest BCUT2D eigenvalue weighted by atomic mass is 32.2. The fourth-order valence-electron chi connectivity index (χ4n) is 4.28. The van der Waals surface area contributed by atoms with Crippen molar-refractivity contribution in [2.75, 3.05) is 47.9 Å². The summed E-state index contributed by atoms with van der Waals surface area (Å²) in [6.07, 6.45) is 0.354. The first-order valence-corrected chi connectivity index (χ1v) is 12.9. The zero-order chi connectivity index (χ0) is 25.4. The molecule has 0 saturated carbocycles. The summed E-state index contributed by atoms with van der Waals surface area (Å²) in [7, 11) is -4.26. The van der Waals surface area contributed by atoms with Crippen molar-refractivity contribution in [3.8, 4) is 0 Å². The van der Waals surface area contributed by atoms with Crippen molar-refractivity contribution >= 4 is 33.4 Å². The third-order valence-corrected chi connectivity index (χ3v) is 7.66. The molecule has 0 spiro atoms. The third kappa shape index (κ3) is 5.20. The number of carbonyl (C=O) groups excluding carboxylic acids is 1. The number of hydrogen-bond donors (Lipinski definition) is 0. The second-order valence-electron chi connectivity index (χ2n) is 9.57. The van der Waals surface area contributed by atoms with Gasteiger partial charge in [0, 0.05) is 32.7 Å². The summed E-state index contributed by atoms with van der Waals surface area (Å²) < 4.78 is 63.5. The highest BCUT2D eigenvalue weighted by Crippen LogP contribution is 2.46. The maximum absolute atomic E-state index is 14.6. The molecule has 0 bridgehead atoms. The first kappa shape index (κ1) is 25.2. The molecule has 0 radical (unpaired) electrons. The Morgan fingerprint density at radius 2 is 1.57 bits per heavy atom. The molecule has 2 aliphatic rings. The van der Waals surface area contributed by atoms with Gasteiger partial charge in [-0.05, 0) is 58.0 Å². The van der Waals surface area contributed by atoms with Gasteiger partial charge in [0.2, 0.25) is 0 Å². The topological polar surface area (TPSA) is 73.4 Å². The van der Waals surface area contributed by atoms with Gasteiger partial charge in [-0.2, -0.15) is 8.42 Å². The summed E-state index contributed by atoms with van der Waals surface area (Å²) in [4.78, 5) is 16.2. The average Bonchev–Trinajstić information content (AvgIpc) is 2.90. The fourth-order valence-corrected chi connectivity index (χ4v) is 6.00. The van der Waals surface area contributed by atoms with E-state index in [1.165, 1.54) is 16.4 Å².